The van der Waals surface area contributed by atoms with Gasteiger partial charge in [-0.3, -0.25) is 14.7 Å². The van der Waals surface area contributed by atoms with E-state index in [0.717, 1.165) is 38.2 Å². The summed E-state index contributed by atoms with van der Waals surface area (Å²) in [6.45, 7) is 2.70. The Bertz CT molecular complexity index is 641. The summed E-state index contributed by atoms with van der Waals surface area (Å²) in [5.41, 5.74) is 1.10. The zero-order valence-electron chi connectivity index (χ0n) is 12.4. The highest BCUT2D eigenvalue weighted by Crippen LogP contribution is 2.33. The van der Waals surface area contributed by atoms with Gasteiger partial charge in [0.05, 0.1) is 12.0 Å². The first-order valence-corrected chi connectivity index (χ1v) is 7.81. The predicted octanol–water partition coefficient (Wildman–Crippen LogP) is 2.16. The fourth-order valence-corrected chi connectivity index (χ4v) is 3.77. The molecule has 5 nitrogen and oxygen atoms in total. The van der Waals surface area contributed by atoms with Gasteiger partial charge in [-0.1, -0.05) is 6.07 Å². The third kappa shape index (κ3) is 2.31. The van der Waals surface area contributed by atoms with Gasteiger partial charge in [-0.25, -0.2) is 0 Å². The fraction of sp³-hybridized carbons (Fsp3) is 0.412. The highest BCUT2D eigenvalue weighted by Gasteiger charge is 2.44. The van der Waals surface area contributed by atoms with Crippen molar-refractivity contribution in [3.05, 3.63) is 54.2 Å². The molecular formula is C17H19N3O2. The van der Waals surface area contributed by atoms with E-state index in [2.05, 4.69) is 16.0 Å². The maximum atomic E-state index is 12.5. The Kier molecular flexibility index (Phi) is 3.42. The van der Waals surface area contributed by atoms with Crippen molar-refractivity contribution in [2.75, 3.05) is 13.1 Å². The van der Waals surface area contributed by atoms with Crippen LogP contribution in [0.1, 0.15) is 29.1 Å². The maximum absolute atomic E-state index is 12.5. The Hall–Kier alpha value is -2.14. The number of hydrogen-bond acceptors (Lipinski definition) is 4. The zero-order chi connectivity index (χ0) is 14.9. The van der Waals surface area contributed by atoms with Crippen LogP contribution in [0.25, 0.3) is 0 Å². The Labute approximate surface area is 129 Å². The molecule has 0 aliphatic carbocycles. The van der Waals surface area contributed by atoms with Crippen molar-refractivity contribution in [3.63, 3.8) is 0 Å². The molecule has 2 fully saturated rings. The number of nitrogens with zero attached hydrogens (tertiary/aromatic N) is 3. The third-order valence-corrected chi connectivity index (χ3v) is 4.78. The van der Waals surface area contributed by atoms with Gasteiger partial charge < -0.3 is 9.32 Å². The lowest BCUT2D eigenvalue weighted by Crippen LogP contribution is -2.39. The Morgan fingerprint density at radius 3 is 2.86 bits per heavy atom. The first kappa shape index (κ1) is 13.5. The molecule has 22 heavy (non-hydrogen) atoms. The van der Waals surface area contributed by atoms with E-state index in [-0.39, 0.29) is 5.91 Å². The van der Waals surface area contributed by atoms with Gasteiger partial charge in [0.25, 0.3) is 5.91 Å². The largest absolute Gasteiger partial charge is 0.459 e. The predicted molar refractivity (Wildman–Crippen MR) is 81.2 cm³/mol. The summed E-state index contributed by atoms with van der Waals surface area (Å²) in [5, 5.41) is 0. The summed E-state index contributed by atoms with van der Waals surface area (Å²) >= 11 is 0. The van der Waals surface area contributed by atoms with E-state index >= 15 is 0 Å². The maximum Gasteiger partial charge on any atom is 0.289 e. The lowest BCUT2D eigenvalue weighted by molar-refractivity contribution is 0.0699. The minimum Gasteiger partial charge on any atom is -0.459 e. The van der Waals surface area contributed by atoms with Crippen LogP contribution < -0.4 is 0 Å². The number of fused-ring (bicyclic) bond motifs is 1. The molecule has 114 valence electrons. The minimum absolute atomic E-state index is 0.0252. The monoisotopic (exact) mass is 297 g/mol. The molecule has 2 saturated heterocycles. The SMILES string of the molecule is O=C(c1ccco1)N1CC[C@@H]2[C@@H]1CCN2Cc1ccccn1. The van der Waals surface area contributed by atoms with Gasteiger partial charge in [-0.2, -0.15) is 0 Å². The van der Waals surface area contributed by atoms with Gasteiger partial charge in [0.1, 0.15) is 0 Å². The number of aromatic nitrogens is 1. The molecule has 2 aliphatic heterocycles. The molecule has 2 aliphatic rings. The molecule has 5 heteroatoms. The molecule has 0 radical (unpaired) electrons. The summed E-state index contributed by atoms with van der Waals surface area (Å²) < 4.78 is 5.26. The summed E-state index contributed by atoms with van der Waals surface area (Å²) in [7, 11) is 0. The first-order valence-electron chi connectivity index (χ1n) is 7.81. The first-order chi connectivity index (χ1) is 10.8. The standard InChI is InChI=1S/C17H19N3O2/c21-17(16-5-3-11-22-16)20-10-7-14-15(20)6-9-19(14)12-13-4-1-2-8-18-13/h1-5,8,11,14-15H,6-7,9-10,12H2/t14-,15+/m1/s1. The van der Waals surface area contributed by atoms with Gasteiger partial charge in [-0.05, 0) is 37.1 Å². The van der Waals surface area contributed by atoms with Gasteiger partial charge in [0.15, 0.2) is 5.76 Å². The molecule has 0 unspecified atom stereocenters. The van der Waals surface area contributed by atoms with E-state index in [0.29, 0.717) is 17.8 Å². The number of amides is 1. The molecular weight excluding hydrogens is 278 g/mol. The van der Waals surface area contributed by atoms with E-state index in [4.69, 9.17) is 4.42 Å². The quantitative estimate of drug-likeness (QED) is 0.871. The number of hydrogen-bond donors (Lipinski definition) is 0. The van der Waals surface area contributed by atoms with Crippen molar-refractivity contribution in [1.82, 2.24) is 14.8 Å². The van der Waals surface area contributed by atoms with Crippen LogP contribution in [0.2, 0.25) is 0 Å². The van der Waals surface area contributed by atoms with E-state index in [9.17, 15) is 4.79 Å². The minimum atomic E-state index is 0.0252. The number of carbonyl (C=O) groups is 1. The molecule has 0 N–H and O–H groups in total. The lowest BCUT2D eigenvalue weighted by atomic mass is 10.1. The van der Waals surface area contributed by atoms with Crippen molar-refractivity contribution in [1.29, 1.82) is 0 Å². The molecule has 0 spiro atoms. The Balaban J connectivity index is 1.46. The molecule has 0 aromatic carbocycles. The Morgan fingerprint density at radius 1 is 1.18 bits per heavy atom. The van der Waals surface area contributed by atoms with E-state index < -0.39 is 0 Å². The van der Waals surface area contributed by atoms with E-state index in [1.54, 1.807) is 18.4 Å². The number of rotatable bonds is 3. The smallest absolute Gasteiger partial charge is 0.289 e. The van der Waals surface area contributed by atoms with Crippen molar-refractivity contribution >= 4 is 5.91 Å². The number of furan rings is 1. The lowest BCUT2D eigenvalue weighted by Gasteiger charge is -2.25. The molecule has 0 bridgehead atoms. The topological polar surface area (TPSA) is 49.6 Å². The van der Waals surface area contributed by atoms with Crippen LogP contribution in [-0.2, 0) is 6.54 Å². The van der Waals surface area contributed by atoms with Gasteiger partial charge >= 0.3 is 0 Å². The summed E-state index contributed by atoms with van der Waals surface area (Å²) in [5.74, 6) is 0.473. The molecule has 4 rings (SSSR count). The number of likely N-dealkylation sites (tertiary alicyclic amines) is 2. The van der Waals surface area contributed by atoms with Crippen molar-refractivity contribution in [2.24, 2.45) is 0 Å². The van der Waals surface area contributed by atoms with Gasteiger partial charge in [0, 0.05) is 37.9 Å². The molecule has 2 aromatic heterocycles. The molecule has 2 atom stereocenters. The normalized spacial score (nSPS) is 24.6. The highest BCUT2D eigenvalue weighted by atomic mass is 16.3. The summed E-state index contributed by atoms with van der Waals surface area (Å²) in [4.78, 5) is 21.4. The van der Waals surface area contributed by atoms with Crippen LogP contribution in [0.4, 0.5) is 0 Å². The fourth-order valence-electron chi connectivity index (χ4n) is 3.77. The highest BCUT2D eigenvalue weighted by molar-refractivity contribution is 5.92. The zero-order valence-corrected chi connectivity index (χ0v) is 12.4. The second-order valence-electron chi connectivity index (χ2n) is 5.98. The van der Waals surface area contributed by atoms with Crippen LogP contribution in [0.5, 0.6) is 0 Å². The van der Waals surface area contributed by atoms with Crippen molar-refractivity contribution in [3.8, 4) is 0 Å². The molecule has 0 saturated carbocycles. The summed E-state index contributed by atoms with van der Waals surface area (Å²) in [6.07, 6.45) is 5.46. The van der Waals surface area contributed by atoms with E-state index in [1.807, 2.05) is 23.2 Å². The van der Waals surface area contributed by atoms with Crippen molar-refractivity contribution < 1.29 is 9.21 Å². The molecule has 1 amide bonds. The number of carbonyl (C=O) groups excluding carboxylic acids is 1. The number of pyridine rings is 1. The molecule has 2 aromatic rings. The average molecular weight is 297 g/mol. The second kappa shape index (κ2) is 5.57. The van der Waals surface area contributed by atoms with Crippen LogP contribution in [0.15, 0.2) is 47.2 Å². The van der Waals surface area contributed by atoms with Gasteiger partial charge in [0.2, 0.25) is 0 Å². The van der Waals surface area contributed by atoms with Crippen LogP contribution in [0, 0.1) is 0 Å². The second-order valence-corrected chi connectivity index (χ2v) is 5.98. The molecule has 4 heterocycles. The van der Waals surface area contributed by atoms with Crippen LogP contribution in [0.3, 0.4) is 0 Å². The van der Waals surface area contributed by atoms with Gasteiger partial charge in [-0.15, -0.1) is 0 Å². The van der Waals surface area contributed by atoms with Crippen LogP contribution in [-0.4, -0.2) is 45.9 Å². The van der Waals surface area contributed by atoms with E-state index in [1.165, 1.54) is 0 Å². The summed E-state index contributed by atoms with van der Waals surface area (Å²) in [6, 6.07) is 10.3. The van der Waals surface area contributed by atoms with Crippen molar-refractivity contribution in [2.45, 2.75) is 31.5 Å². The van der Waals surface area contributed by atoms with Crippen LogP contribution >= 0.6 is 0 Å². The average Bonchev–Trinajstić information content (AvgIpc) is 3.26. The third-order valence-electron chi connectivity index (χ3n) is 4.78. The Morgan fingerprint density at radius 2 is 2.09 bits per heavy atom.